The van der Waals surface area contributed by atoms with Gasteiger partial charge in [-0.2, -0.15) is 0 Å². The van der Waals surface area contributed by atoms with Gasteiger partial charge in [-0.15, -0.1) is 0 Å². The fraction of sp³-hybridized carbons (Fsp3) is 0.600. The van der Waals surface area contributed by atoms with Crippen LogP contribution in [0, 0.1) is 5.92 Å². The van der Waals surface area contributed by atoms with E-state index in [1.807, 2.05) is 0 Å². The fourth-order valence-electron chi connectivity index (χ4n) is 1.00. The van der Waals surface area contributed by atoms with Crippen molar-refractivity contribution in [1.82, 2.24) is 9.97 Å². The Morgan fingerprint density at radius 2 is 2.13 bits per heavy atom. The van der Waals surface area contributed by atoms with E-state index in [4.69, 9.17) is 16.3 Å². The minimum absolute atomic E-state index is 0.390. The first kappa shape index (κ1) is 12.2. The number of hydrogen-bond acceptors (Lipinski definition) is 4. The van der Waals surface area contributed by atoms with Crippen LogP contribution in [0.3, 0.4) is 0 Å². The quantitative estimate of drug-likeness (QED) is 0.760. The Kier molecular flexibility index (Phi) is 5.36. The molecule has 0 amide bonds. The highest BCUT2D eigenvalue weighted by atomic mass is 35.5. The molecule has 0 aliphatic rings. The zero-order valence-corrected chi connectivity index (χ0v) is 9.79. The molecule has 0 radical (unpaired) electrons. The molecule has 15 heavy (non-hydrogen) atoms. The standard InChI is InChI=1S/C10H16ClN3O/c1-8(2)7-15-6-5-14-10-9(11)12-3-4-13-10/h3-4,8H,5-7H2,1-2H3,(H,13,14). The van der Waals surface area contributed by atoms with Crippen molar-refractivity contribution in [1.29, 1.82) is 0 Å². The second-order valence-corrected chi connectivity index (χ2v) is 3.95. The molecule has 1 heterocycles. The summed E-state index contributed by atoms with van der Waals surface area (Å²) >= 11 is 5.81. The summed E-state index contributed by atoms with van der Waals surface area (Å²) in [6, 6.07) is 0. The maximum Gasteiger partial charge on any atom is 0.171 e. The Bertz CT molecular complexity index is 294. The smallest absolute Gasteiger partial charge is 0.171 e. The first-order chi connectivity index (χ1) is 7.20. The fourth-order valence-corrected chi connectivity index (χ4v) is 1.17. The monoisotopic (exact) mass is 229 g/mol. The van der Waals surface area contributed by atoms with E-state index in [0.717, 1.165) is 6.61 Å². The van der Waals surface area contributed by atoms with Crippen molar-refractivity contribution in [2.75, 3.05) is 25.1 Å². The molecule has 0 saturated carbocycles. The molecule has 1 aromatic heterocycles. The highest BCUT2D eigenvalue weighted by Crippen LogP contribution is 2.13. The number of aromatic nitrogens is 2. The number of ether oxygens (including phenoxy) is 1. The third-order valence-electron chi connectivity index (χ3n) is 1.64. The largest absolute Gasteiger partial charge is 0.379 e. The molecule has 0 unspecified atom stereocenters. The molecule has 0 atom stereocenters. The van der Waals surface area contributed by atoms with Crippen LogP contribution >= 0.6 is 11.6 Å². The van der Waals surface area contributed by atoms with Crippen LogP contribution in [0.15, 0.2) is 12.4 Å². The molecule has 0 aliphatic carbocycles. The Labute approximate surface area is 95.0 Å². The molecule has 0 fully saturated rings. The topological polar surface area (TPSA) is 47.0 Å². The molecular formula is C10H16ClN3O. The van der Waals surface area contributed by atoms with Crippen LogP contribution < -0.4 is 5.32 Å². The normalized spacial score (nSPS) is 10.7. The molecule has 1 aromatic rings. The number of rotatable bonds is 6. The molecule has 0 spiro atoms. The van der Waals surface area contributed by atoms with Crippen molar-refractivity contribution in [2.45, 2.75) is 13.8 Å². The maximum atomic E-state index is 5.81. The summed E-state index contributed by atoms with van der Waals surface area (Å²) in [4.78, 5) is 7.96. The van der Waals surface area contributed by atoms with Gasteiger partial charge in [0.05, 0.1) is 6.61 Å². The SMILES string of the molecule is CC(C)COCCNc1nccnc1Cl. The first-order valence-electron chi connectivity index (χ1n) is 4.98. The molecular weight excluding hydrogens is 214 g/mol. The lowest BCUT2D eigenvalue weighted by Gasteiger charge is -2.08. The van der Waals surface area contributed by atoms with Crippen LogP contribution in [0.2, 0.25) is 5.15 Å². The van der Waals surface area contributed by atoms with Gasteiger partial charge in [-0.25, -0.2) is 9.97 Å². The highest BCUT2D eigenvalue weighted by molar-refractivity contribution is 6.31. The van der Waals surface area contributed by atoms with Gasteiger partial charge in [0.2, 0.25) is 0 Å². The van der Waals surface area contributed by atoms with E-state index in [1.165, 1.54) is 0 Å². The lowest BCUT2D eigenvalue weighted by atomic mass is 10.2. The van der Waals surface area contributed by atoms with Crippen LogP contribution in [-0.2, 0) is 4.74 Å². The van der Waals surface area contributed by atoms with Crippen molar-refractivity contribution in [2.24, 2.45) is 5.92 Å². The number of nitrogens with one attached hydrogen (secondary N) is 1. The highest BCUT2D eigenvalue weighted by Gasteiger charge is 2.00. The Balaban J connectivity index is 2.18. The summed E-state index contributed by atoms with van der Waals surface area (Å²) in [5.74, 6) is 1.16. The van der Waals surface area contributed by atoms with Gasteiger partial charge < -0.3 is 10.1 Å². The molecule has 84 valence electrons. The van der Waals surface area contributed by atoms with Crippen LogP contribution in [0.5, 0.6) is 0 Å². The second kappa shape index (κ2) is 6.58. The first-order valence-corrected chi connectivity index (χ1v) is 5.36. The van der Waals surface area contributed by atoms with E-state index >= 15 is 0 Å². The van der Waals surface area contributed by atoms with Gasteiger partial charge in [-0.05, 0) is 5.92 Å². The summed E-state index contributed by atoms with van der Waals surface area (Å²) in [6.07, 6.45) is 3.16. The van der Waals surface area contributed by atoms with E-state index in [0.29, 0.717) is 30.0 Å². The van der Waals surface area contributed by atoms with Gasteiger partial charge >= 0.3 is 0 Å². The number of halogens is 1. The van der Waals surface area contributed by atoms with Crippen molar-refractivity contribution >= 4 is 17.4 Å². The van der Waals surface area contributed by atoms with Gasteiger partial charge in [0.25, 0.3) is 0 Å². The Morgan fingerprint density at radius 3 is 2.80 bits per heavy atom. The average Bonchev–Trinajstić information content (AvgIpc) is 2.20. The predicted octanol–water partition coefficient (Wildman–Crippen LogP) is 2.21. The van der Waals surface area contributed by atoms with Crippen molar-refractivity contribution < 1.29 is 4.74 Å². The number of hydrogen-bond donors (Lipinski definition) is 1. The van der Waals surface area contributed by atoms with Crippen LogP contribution in [0.4, 0.5) is 5.82 Å². The molecule has 5 heteroatoms. The average molecular weight is 230 g/mol. The molecule has 0 saturated heterocycles. The van der Waals surface area contributed by atoms with E-state index in [1.54, 1.807) is 12.4 Å². The van der Waals surface area contributed by atoms with Crippen LogP contribution in [0.1, 0.15) is 13.8 Å². The van der Waals surface area contributed by atoms with E-state index < -0.39 is 0 Å². The van der Waals surface area contributed by atoms with Gasteiger partial charge in [0, 0.05) is 25.5 Å². The number of anilines is 1. The Morgan fingerprint density at radius 1 is 1.40 bits per heavy atom. The van der Waals surface area contributed by atoms with Gasteiger partial charge in [-0.1, -0.05) is 25.4 Å². The number of nitrogens with zero attached hydrogens (tertiary/aromatic N) is 2. The third kappa shape index (κ3) is 4.95. The van der Waals surface area contributed by atoms with Gasteiger partial charge in [-0.3, -0.25) is 0 Å². The molecule has 0 bridgehead atoms. The minimum Gasteiger partial charge on any atom is -0.379 e. The molecule has 4 nitrogen and oxygen atoms in total. The van der Waals surface area contributed by atoms with Crippen molar-refractivity contribution in [3.63, 3.8) is 0 Å². The minimum atomic E-state index is 0.390. The maximum absolute atomic E-state index is 5.81. The molecule has 1 N–H and O–H groups in total. The summed E-state index contributed by atoms with van der Waals surface area (Å²) in [5.41, 5.74) is 0. The van der Waals surface area contributed by atoms with E-state index in [9.17, 15) is 0 Å². The molecule has 0 aliphatic heterocycles. The van der Waals surface area contributed by atoms with Gasteiger partial charge in [0.1, 0.15) is 0 Å². The lowest BCUT2D eigenvalue weighted by molar-refractivity contribution is 0.118. The van der Waals surface area contributed by atoms with E-state index in [-0.39, 0.29) is 0 Å². The predicted molar refractivity (Wildman–Crippen MR) is 61.2 cm³/mol. The van der Waals surface area contributed by atoms with Crippen molar-refractivity contribution in [3.05, 3.63) is 17.5 Å². The molecule has 0 aromatic carbocycles. The van der Waals surface area contributed by atoms with Crippen LogP contribution in [0.25, 0.3) is 0 Å². The van der Waals surface area contributed by atoms with E-state index in [2.05, 4.69) is 29.1 Å². The summed E-state index contributed by atoms with van der Waals surface area (Å²) in [5, 5.41) is 3.45. The summed E-state index contributed by atoms with van der Waals surface area (Å²) < 4.78 is 5.40. The lowest BCUT2D eigenvalue weighted by Crippen LogP contribution is -2.13. The van der Waals surface area contributed by atoms with Crippen molar-refractivity contribution in [3.8, 4) is 0 Å². The van der Waals surface area contributed by atoms with Gasteiger partial charge in [0.15, 0.2) is 11.0 Å². The Hall–Kier alpha value is -0.870. The second-order valence-electron chi connectivity index (χ2n) is 3.59. The third-order valence-corrected chi connectivity index (χ3v) is 1.92. The van der Waals surface area contributed by atoms with Crippen LogP contribution in [-0.4, -0.2) is 29.7 Å². The molecule has 1 rings (SSSR count). The zero-order chi connectivity index (χ0) is 11.1. The summed E-state index contributed by atoms with van der Waals surface area (Å²) in [7, 11) is 0. The zero-order valence-electron chi connectivity index (χ0n) is 9.03. The summed E-state index contributed by atoms with van der Waals surface area (Å²) in [6.45, 7) is 6.34.